The molecule has 0 unspecified atom stereocenters. The van der Waals surface area contributed by atoms with Crippen molar-refractivity contribution in [2.45, 2.75) is 13.3 Å². The first-order chi connectivity index (χ1) is 8.81. The largest absolute Gasteiger partial charge is 0.383 e. The van der Waals surface area contributed by atoms with E-state index in [-0.39, 0.29) is 5.91 Å². The topological polar surface area (TPSA) is 92.7 Å². The molecule has 0 spiro atoms. The standard InChI is InChI=1S/C10H12N6OS/c1-2-4-12-8-6-11-5-3-7(8)9(17)13-10-14-15-16-18-10/h3,5-6,12H,2,4H2,1H3,(H,13,14,16,17). The number of hydrogen-bond acceptors (Lipinski definition) is 7. The van der Waals surface area contributed by atoms with Crippen LogP contribution in [0.5, 0.6) is 0 Å². The molecule has 2 aromatic rings. The van der Waals surface area contributed by atoms with Gasteiger partial charge in [-0.15, -0.1) is 0 Å². The van der Waals surface area contributed by atoms with Gasteiger partial charge in [0, 0.05) is 24.3 Å². The van der Waals surface area contributed by atoms with Gasteiger partial charge in [0.1, 0.15) is 0 Å². The lowest BCUT2D eigenvalue weighted by atomic mass is 10.2. The van der Waals surface area contributed by atoms with Gasteiger partial charge in [0.05, 0.1) is 17.4 Å². The number of carbonyl (C=O) groups is 1. The molecular weight excluding hydrogens is 252 g/mol. The molecule has 0 aliphatic carbocycles. The molecule has 1 amide bonds. The van der Waals surface area contributed by atoms with E-state index >= 15 is 0 Å². The van der Waals surface area contributed by atoms with E-state index in [1.807, 2.05) is 0 Å². The summed E-state index contributed by atoms with van der Waals surface area (Å²) in [6.45, 7) is 2.84. The quantitative estimate of drug-likeness (QED) is 0.848. The highest BCUT2D eigenvalue weighted by Gasteiger charge is 2.12. The van der Waals surface area contributed by atoms with E-state index in [1.54, 1.807) is 18.5 Å². The molecule has 2 rings (SSSR count). The third-order valence-electron chi connectivity index (χ3n) is 2.15. The Morgan fingerprint density at radius 2 is 2.39 bits per heavy atom. The van der Waals surface area contributed by atoms with Gasteiger partial charge in [0.2, 0.25) is 5.13 Å². The van der Waals surface area contributed by atoms with Crippen LogP contribution < -0.4 is 10.6 Å². The molecule has 2 aromatic heterocycles. The van der Waals surface area contributed by atoms with Crippen molar-refractivity contribution in [2.75, 3.05) is 17.2 Å². The fourth-order valence-corrected chi connectivity index (χ4v) is 1.70. The van der Waals surface area contributed by atoms with Crippen molar-refractivity contribution < 1.29 is 4.79 Å². The fourth-order valence-electron chi connectivity index (χ4n) is 1.34. The smallest absolute Gasteiger partial charge is 0.259 e. The monoisotopic (exact) mass is 264 g/mol. The third kappa shape index (κ3) is 2.98. The van der Waals surface area contributed by atoms with Crippen LogP contribution in [0.4, 0.5) is 10.8 Å². The number of hydrogen-bond donors (Lipinski definition) is 2. The number of nitrogens with one attached hydrogen (secondary N) is 2. The zero-order chi connectivity index (χ0) is 12.8. The summed E-state index contributed by atoms with van der Waals surface area (Å²) in [5.41, 5.74) is 1.22. The summed E-state index contributed by atoms with van der Waals surface area (Å²) < 4.78 is 3.58. The molecule has 8 heteroatoms. The summed E-state index contributed by atoms with van der Waals surface area (Å²) in [5.74, 6) is -0.255. The number of amides is 1. The Balaban J connectivity index is 2.13. The zero-order valence-corrected chi connectivity index (χ0v) is 10.6. The van der Waals surface area contributed by atoms with Gasteiger partial charge in [0.15, 0.2) is 0 Å². The summed E-state index contributed by atoms with van der Waals surface area (Å²) in [4.78, 5) is 16.0. The lowest BCUT2D eigenvalue weighted by molar-refractivity contribution is 0.102. The maximum atomic E-state index is 12.0. The summed E-state index contributed by atoms with van der Waals surface area (Å²) in [5, 5.41) is 13.2. The van der Waals surface area contributed by atoms with Gasteiger partial charge in [-0.3, -0.25) is 15.1 Å². The van der Waals surface area contributed by atoms with Crippen LogP contribution in [0, 0.1) is 0 Å². The van der Waals surface area contributed by atoms with Crippen molar-refractivity contribution in [2.24, 2.45) is 0 Å². The lowest BCUT2D eigenvalue weighted by Crippen LogP contribution is -2.15. The minimum absolute atomic E-state index is 0.255. The van der Waals surface area contributed by atoms with E-state index in [0.717, 1.165) is 24.5 Å². The zero-order valence-electron chi connectivity index (χ0n) is 9.75. The van der Waals surface area contributed by atoms with Crippen LogP contribution in [-0.2, 0) is 0 Å². The number of aromatic nitrogens is 4. The normalized spacial score (nSPS) is 10.1. The van der Waals surface area contributed by atoms with Crippen molar-refractivity contribution in [1.29, 1.82) is 0 Å². The Morgan fingerprint density at radius 3 is 3.11 bits per heavy atom. The Hall–Kier alpha value is -2.09. The fraction of sp³-hybridized carbons (Fsp3) is 0.300. The van der Waals surface area contributed by atoms with Gasteiger partial charge < -0.3 is 5.32 Å². The van der Waals surface area contributed by atoms with Gasteiger partial charge in [-0.1, -0.05) is 16.5 Å². The molecule has 0 aliphatic rings. The molecule has 0 bridgehead atoms. The third-order valence-corrected chi connectivity index (χ3v) is 2.66. The van der Waals surface area contributed by atoms with Gasteiger partial charge in [0.25, 0.3) is 5.91 Å². The highest BCUT2D eigenvalue weighted by atomic mass is 32.1. The Labute approximate surface area is 108 Å². The average Bonchev–Trinajstić information content (AvgIpc) is 2.89. The molecule has 7 nitrogen and oxygen atoms in total. The SMILES string of the molecule is CCCNc1cnccc1C(=O)Nc1nnns1. The van der Waals surface area contributed by atoms with Gasteiger partial charge in [-0.25, -0.2) is 0 Å². The van der Waals surface area contributed by atoms with E-state index in [0.29, 0.717) is 16.4 Å². The van der Waals surface area contributed by atoms with E-state index < -0.39 is 0 Å². The summed E-state index contributed by atoms with van der Waals surface area (Å²) in [7, 11) is 0. The van der Waals surface area contributed by atoms with Crippen LogP contribution in [0.15, 0.2) is 18.5 Å². The second-order valence-corrected chi connectivity index (χ2v) is 4.20. The highest BCUT2D eigenvalue weighted by Crippen LogP contribution is 2.16. The molecule has 2 heterocycles. The number of carbonyl (C=O) groups excluding carboxylic acids is 1. The summed E-state index contributed by atoms with van der Waals surface area (Å²) in [6.07, 6.45) is 4.17. The molecular formula is C10H12N6OS. The molecule has 18 heavy (non-hydrogen) atoms. The molecule has 2 N–H and O–H groups in total. The Bertz CT molecular complexity index is 515. The van der Waals surface area contributed by atoms with Crippen LogP contribution in [0.25, 0.3) is 0 Å². The van der Waals surface area contributed by atoms with E-state index in [9.17, 15) is 4.79 Å². The minimum atomic E-state index is -0.255. The minimum Gasteiger partial charge on any atom is -0.383 e. The van der Waals surface area contributed by atoms with Crippen LogP contribution in [0.2, 0.25) is 0 Å². The van der Waals surface area contributed by atoms with Crippen molar-refractivity contribution in [3.63, 3.8) is 0 Å². The van der Waals surface area contributed by atoms with Gasteiger partial charge in [-0.2, -0.15) is 0 Å². The number of rotatable bonds is 5. The first-order valence-corrected chi connectivity index (χ1v) is 6.23. The Morgan fingerprint density at radius 1 is 1.50 bits per heavy atom. The van der Waals surface area contributed by atoms with Crippen molar-refractivity contribution in [1.82, 2.24) is 19.8 Å². The molecule has 0 saturated carbocycles. The number of pyridine rings is 1. The first-order valence-electron chi connectivity index (χ1n) is 5.45. The van der Waals surface area contributed by atoms with Crippen LogP contribution >= 0.6 is 11.5 Å². The van der Waals surface area contributed by atoms with Crippen LogP contribution in [0.1, 0.15) is 23.7 Å². The first kappa shape index (κ1) is 12.4. The Kier molecular flexibility index (Phi) is 4.13. The average molecular weight is 264 g/mol. The van der Waals surface area contributed by atoms with E-state index in [2.05, 4.69) is 37.3 Å². The van der Waals surface area contributed by atoms with Crippen molar-refractivity contribution in [3.8, 4) is 0 Å². The molecule has 94 valence electrons. The summed E-state index contributed by atoms with van der Waals surface area (Å²) in [6, 6.07) is 1.65. The molecule has 0 aromatic carbocycles. The van der Waals surface area contributed by atoms with E-state index in [4.69, 9.17) is 0 Å². The predicted molar refractivity (Wildman–Crippen MR) is 68.7 cm³/mol. The second kappa shape index (κ2) is 6.01. The number of nitrogens with zero attached hydrogens (tertiary/aromatic N) is 4. The van der Waals surface area contributed by atoms with Crippen molar-refractivity contribution in [3.05, 3.63) is 24.0 Å². The highest BCUT2D eigenvalue weighted by molar-refractivity contribution is 7.09. The second-order valence-electron chi connectivity index (χ2n) is 3.47. The molecule has 0 fully saturated rings. The van der Waals surface area contributed by atoms with E-state index in [1.165, 1.54) is 0 Å². The molecule has 0 aliphatic heterocycles. The van der Waals surface area contributed by atoms with Gasteiger partial charge in [-0.05, 0) is 17.7 Å². The van der Waals surface area contributed by atoms with Crippen LogP contribution in [-0.4, -0.2) is 32.2 Å². The van der Waals surface area contributed by atoms with Crippen LogP contribution in [0.3, 0.4) is 0 Å². The lowest BCUT2D eigenvalue weighted by Gasteiger charge is -2.09. The predicted octanol–water partition coefficient (Wildman–Crippen LogP) is 1.40. The maximum Gasteiger partial charge on any atom is 0.259 e. The van der Waals surface area contributed by atoms with Crippen molar-refractivity contribution >= 4 is 28.3 Å². The molecule has 0 radical (unpaired) electrons. The maximum absolute atomic E-state index is 12.0. The summed E-state index contributed by atoms with van der Waals surface area (Å²) >= 11 is 1.03. The number of anilines is 2. The van der Waals surface area contributed by atoms with Gasteiger partial charge >= 0.3 is 0 Å². The molecule has 0 saturated heterocycles. The molecule has 0 atom stereocenters.